The van der Waals surface area contributed by atoms with Crippen LogP contribution < -0.4 is 0 Å². The van der Waals surface area contributed by atoms with E-state index in [0.717, 1.165) is 12.8 Å². The molecule has 5 aliphatic carbocycles. The van der Waals surface area contributed by atoms with Crippen LogP contribution in [0.2, 0.25) is 0 Å². The van der Waals surface area contributed by atoms with E-state index in [0.29, 0.717) is 30.1 Å². The lowest BCUT2D eigenvalue weighted by Crippen LogP contribution is -2.76. The van der Waals surface area contributed by atoms with Gasteiger partial charge in [0.15, 0.2) is 0 Å². The molecule has 0 aromatic carbocycles. The molecule has 5 rings (SSSR count). The van der Waals surface area contributed by atoms with Crippen molar-refractivity contribution in [2.45, 2.75) is 118 Å². The molecule has 5 aliphatic rings. The average molecular weight is 475 g/mol. The first kappa shape index (κ1) is 24.7. The van der Waals surface area contributed by atoms with E-state index < -0.39 is 23.5 Å². The fourth-order valence-electron chi connectivity index (χ4n) is 11.3. The number of carbonyl (C=O) groups is 2. The number of hydrogen-bond donors (Lipinski definition) is 2. The highest BCUT2D eigenvalue weighted by atomic mass is 16.5. The Morgan fingerprint density at radius 3 is 2.18 bits per heavy atom. The van der Waals surface area contributed by atoms with Crippen molar-refractivity contribution in [3.05, 3.63) is 0 Å². The molecule has 0 amide bonds. The van der Waals surface area contributed by atoms with Gasteiger partial charge in [0.1, 0.15) is 11.9 Å². The van der Waals surface area contributed by atoms with Crippen molar-refractivity contribution >= 4 is 11.8 Å². The second-order valence-corrected chi connectivity index (χ2v) is 13.8. The van der Waals surface area contributed by atoms with Gasteiger partial charge < -0.3 is 14.9 Å². The highest BCUT2D eigenvalue weighted by Gasteiger charge is 2.76. The second-order valence-electron chi connectivity index (χ2n) is 13.8. The van der Waals surface area contributed by atoms with Crippen LogP contribution in [0.4, 0.5) is 0 Å². The zero-order valence-electron chi connectivity index (χ0n) is 22.1. The fraction of sp³-hybridized carbons (Fsp3) is 0.931. The molecule has 5 nitrogen and oxygen atoms in total. The summed E-state index contributed by atoms with van der Waals surface area (Å²) >= 11 is 0. The van der Waals surface area contributed by atoms with Gasteiger partial charge >= 0.3 is 5.97 Å². The Morgan fingerprint density at radius 1 is 0.912 bits per heavy atom. The molecule has 0 aromatic heterocycles. The van der Waals surface area contributed by atoms with E-state index in [1.54, 1.807) is 6.92 Å². The number of esters is 1. The van der Waals surface area contributed by atoms with E-state index in [4.69, 9.17) is 4.74 Å². The van der Waals surface area contributed by atoms with Crippen LogP contribution in [0.25, 0.3) is 0 Å². The monoisotopic (exact) mass is 474 g/mol. The van der Waals surface area contributed by atoms with E-state index in [-0.39, 0.29) is 40.5 Å². The molecule has 0 bridgehead atoms. The van der Waals surface area contributed by atoms with Crippen LogP contribution in [-0.2, 0) is 14.3 Å². The lowest BCUT2D eigenvalue weighted by Gasteiger charge is -2.76. The van der Waals surface area contributed by atoms with Crippen LogP contribution in [0, 0.1) is 51.2 Å². The Balaban J connectivity index is 1.62. The lowest BCUT2D eigenvalue weighted by atomic mass is 9.29. The van der Waals surface area contributed by atoms with Gasteiger partial charge in [-0.1, -0.05) is 40.5 Å². The van der Waals surface area contributed by atoms with Crippen molar-refractivity contribution in [2.24, 2.45) is 51.2 Å². The minimum absolute atomic E-state index is 0.00895. The molecular weight excluding hydrogens is 428 g/mol. The summed E-state index contributed by atoms with van der Waals surface area (Å²) in [6.07, 6.45) is 7.60. The van der Waals surface area contributed by atoms with Crippen molar-refractivity contribution in [3.63, 3.8) is 0 Å². The number of ether oxygens (including phenoxy) is 1. The number of Topliss-reactive ketones (excluding diaryl/α,β-unsaturated/α-hetero) is 1. The molecule has 0 aromatic rings. The zero-order valence-corrected chi connectivity index (χ0v) is 22.1. The minimum atomic E-state index is -0.734. The molecule has 5 fully saturated rings. The summed E-state index contributed by atoms with van der Waals surface area (Å²) in [5, 5.41) is 22.2. The van der Waals surface area contributed by atoms with E-state index in [9.17, 15) is 19.8 Å². The van der Waals surface area contributed by atoms with E-state index in [1.807, 2.05) is 0 Å². The molecule has 1 spiro atoms. The van der Waals surface area contributed by atoms with Crippen molar-refractivity contribution < 1.29 is 24.5 Å². The average Bonchev–Trinajstić information content (AvgIpc) is 2.74. The number of hydrogen-bond acceptors (Lipinski definition) is 5. The predicted molar refractivity (Wildman–Crippen MR) is 130 cm³/mol. The zero-order chi connectivity index (χ0) is 24.8. The van der Waals surface area contributed by atoms with E-state index >= 15 is 0 Å². The quantitative estimate of drug-likeness (QED) is 0.568. The van der Waals surface area contributed by atoms with Crippen molar-refractivity contribution in [1.82, 2.24) is 0 Å². The Kier molecular flexibility index (Phi) is 5.66. The van der Waals surface area contributed by atoms with Crippen molar-refractivity contribution in [2.75, 3.05) is 0 Å². The SMILES string of the molecule is CC[C@@]1(C)CCC[C@@]2(C)C1CC[C@]1(C)C2C[C@H](OC(C)=O)[C@]23CC(O)[C@H]2C(C(C)=O)[C@@H](O)CC13. The van der Waals surface area contributed by atoms with Gasteiger partial charge in [-0.15, -0.1) is 0 Å². The normalized spacial score (nSPS) is 56.1. The number of carbonyl (C=O) groups excluding carboxylic acids is 2. The topological polar surface area (TPSA) is 83.8 Å². The van der Waals surface area contributed by atoms with Crippen molar-refractivity contribution in [3.8, 4) is 0 Å². The smallest absolute Gasteiger partial charge is 0.302 e. The third-order valence-electron chi connectivity index (χ3n) is 12.6. The first-order valence-corrected chi connectivity index (χ1v) is 13.9. The van der Waals surface area contributed by atoms with Gasteiger partial charge in [-0.3, -0.25) is 9.59 Å². The van der Waals surface area contributed by atoms with Crippen molar-refractivity contribution in [1.29, 1.82) is 0 Å². The fourth-order valence-corrected chi connectivity index (χ4v) is 11.3. The first-order chi connectivity index (χ1) is 15.8. The van der Waals surface area contributed by atoms with E-state index in [2.05, 4.69) is 27.7 Å². The summed E-state index contributed by atoms with van der Waals surface area (Å²) in [6.45, 7) is 12.8. The molecule has 34 heavy (non-hydrogen) atoms. The van der Waals surface area contributed by atoms with Crippen LogP contribution in [-0.4, -0.2) is 40.3 Å². The predicted octanol–water partition coefficient (Wildman–Crippen LogP) is 4.91. The minimum Gasteiger partial charge on any atom is -0.462 e. The van der Waals surface area contributed by atoms with Gasteiger partial charge in [0.05, 0.1) is 12.2 Å². The molecule has 0 saturated heterocycles. The maximum atomic E-state index is 12.7. The second kappa shape index (κ2) is 7.78. The molecule has 0 heterocycles. The third kappa shape index (κ3) is 2.98. The van der Waals surface area contributed by atoms with Gasteiger partial charge in [0, 0.05) is 24.2 Å². The number of rotatable bonds is 3. The molecule has 5 saturated carbocycles. The number of aliphatic hydroxyl groups is 2. The maximum Gasteiger partial charge on any atom is 0.302 e. The van der Waals surface area contributed by atoms with Crippen LogP contribution in [0.1, 0.15) is 99.3 Å². The van der Waals surface area contributed by atoms with E-state index in [1.165, 1.54) is 39.0 Å². The Hall–Kier alpha value is -0.940. The molecule has 5 unspecified atom stereocenters. The molecule has 192 valence electrons. The third-order valence-corrected chi connectivity index (χ3v) is 12.6. The Bertz CT molecular complexity index is 871. The van der Waals surface area contributed by atoms with Gasteiger partial charge in [-0.2, -0.15) is 0 Å². The highest BCUT2D eigenvalue weighted by Crippen LogP contribution is 2.77. The summed E-state index contributed by atoms with van der Waals surface area (Å²) in [5.41, 5.74) is 0.129. The molecule has 2 N–H and O–H groups in total. The lowest BCUT2D eigenvalue weighted by molar-refractivity contribution is -0.323. The largest absolute Gasteiger partial charge is 0.462 e. The number of fused-ring (bicyclic) bond motifs is 4. The van der Waals surface area contributed by atoms with Gasteiger partial charge in [-0.25, -0.2) is 0 Å². The highest BCUT2D eigenvalue weighted by molar-refractivity contribution is 5.80. The van der Waals surface area contributed by atoms with Crippen LogP contribution in [0.3, 0.4) is 0 Å². The summed E-state index contributed by atoms with van der Waals surface area (Å²) < 4.78 is 6.15. The Morgan fingerprint density at radius 2 is 1.59 bits per heavy atom. The Labute approximate surface area is 205 Å². The molecule has 5 heteroatoms. The van der Waals surface area contributed by atoms with Gasteiger partial charge in [0.25, 0.3) is 0 Å². The van der Waals surface area contributed by atoms with Gasteiger partial charge in [-0.05, 0) is 85.9 Å². The molecule has 0 radical (unpaired) electrons. The maximum absolute atomic E-state index is 12.7. The number of ketones is 1. The summed E-state index contributed by atoms with van der Waals surface area (Å²) in [7, 11) is 0. The first-order valence-electron chi connectivity index (χ1n) is 13.9. The summed E-state index contributed by atoms with van der Waals surface area (Å²) in [5.74, 6) is 0.00235. The number of aliphatic hydroxyl groups excluding tert-OH is 2. The molecule has 12 atom stereocenters. The van der Waals surface area contributed by atoms with Crippen LogP contribution >= 0.6 is 0 Å². The summed E-state index contributed by atoms with van der Waals surface area (Å²) in [6, 6.07) is 0. The summed E-state index contributed by atoms with van der Waals surface area (Å²) in [4.78, 5) is 25.0. The van der Waals surface area contributed by atoms with Crippen LogP contribution in [0.5, 0.6) is 0 Å². The molecular formula is C29H46O5. The molecule has 0 aliphatic heterocycles. The standard InChI is InChI=1S/C29H46O5/c1-7-26(4)10-8-11-27(5)20(26)9-12-28(6)21(27)14-23(34-17(3)31)29-15-19(33)25(29)24(16(2)30)18(32)13-22(28)29/h18-25,32-33H,7-15H2,1-6H3/t18-,19?,20?,21?,22?,23-,24?,25-,26-,27-,28+,29+/m0/s1. The van der Waals surface area contributed by atoms with Crippen LogP contribution in [0.15, 0.2) is 0 Å². The van der Waals surface area contributed by atoms with Gasteiger partial charge in [0.2, 0.25) is 0 Å².